The van der Waals surface area contributed by atoms with Crippen molar-refractivity contribution in [2.75, 3.05) is 11.5 Å². The van der Waals surface area contributed by atoms with Gasteiger partial charge >= 0.3 is 5.97 Å². The number of rotatable bonds is 14. The number of nitrogens with two attached hydrogens (primary N) is 1. The van der Waals surface area contributed by atoms with E-state index < -0.39 is 41.7 Å². The average Bonchev–Trinajstić information content (AvgIpc) is 3.54. The second kappa shape index (κ2) is 17.6. The monoisotopic (exact) mass is 673 g/mol. The Kier molecular flexibility index (Phi) is 13.9. The molecule has 1 aromatic carbocycles. The maximum absolute atomic E-state index is 13.9. The Balaban J connectivity index is 1.44. The van der Waals surface area contributed by atoms with Gasteiger partial charge in [-0.05, 0) is 81.6 Å². The first kappa shape index (κ1) is 36.3. The van der Waals surface area contributed by atoms with Crippen LogP contribution in [0.15, 0.2) is 36.8 Å². The molecule has 10 nitrogen and oxygen atoms in total. The van der Waals surface area contributed by atoms with Crippen LogP contribution in [0, 0.1) is 5.92 Å². The van der Waals surface area contributed by atoms with Crippen molar-refractivity contribution in [3.8, 4) is 0 Å². The number of aliphatic hydroxyl groups excluding tert-OH is 1. The number of imidazole rings is 1. The molecule has 46 heavy (non-hydrogen) atoms. The number of nitrogens with one attached hydrogen (secondary N) is 3. The molecule has 2 aliphatic rings. The number of nitrogens with zero attached hydrogens (tertiary/aromatic N) is 1. The van der Waals surface area contributed by atoms with E-state index in [1.807, 2.05) is 23.5 Å². The zero-order valence-corrected chi connectivity index (χ0v) is 29.0. The third kappa shape index (κ3) is 11.9. The van der Waals surface area contributed by atoms with Crippen LogP contribution in [0.2, 0.25) is 0 Å². The fraction of sp³-hybridized carbons (Fsp3) is 0.647. The molecular formula is C34H51N5O5S2. The summed E-state index contributed by atoms with van der Waals surface area (Å²) in [5, 5.41) is 17.5. The number of ether oxygens (including phenoxy) is 1. The van der Waals surface area contributed by atoms with Gasteiger partial charge in [0.25, 0.3) is 0 Å². The summed E-state index contributed by atoms with van der Waals surface area (Å²) in [4.78, 5) is 47.0. The zero-order valence-electron chi connectivity index (χ0n) is 27.3. The number of hydrogen-bond donors (Lipinski definition) is 5. The highest BCUT2D eigenvalue weighted by Gasteiger charge is 2.32. The molecule has 0 spiro atoms. The first-order valence-corrected chi connectivity index (χ1v) is 18.6. The Bertz CT molecular complexity index is 1260. The molecule has 1 saturated heterocycles. The van der Waals surface area contributed by atoms with Gasteiger partial charge in [-0.15, -0.1) is 23.5 Å². The van der Waals surface area contributed by atoms with E-state index in [1.165, 1.54) is 32.0 Å². The van der Waals surface area contributed by atoms with E-state index in [0.717, 1.165) is 24.3 Å². The van der Waals surface area contributed by atoms with Crippen molar-refractivity contribution in [1.29, 1.82) is 0 Å². The average molecular weight is 674 g/mol. The van der Waals surface area contributed by atoms with Crippen LogP contribution in [0.1, 0.15) is 93.8 Å². The minimum atomic E-state index is -0.963. The molecule has 2 aromatic rings. The SMILES string of the molecule is CC(C)(C)OC(=O)c1cccc(CC(N)C(=O)NC(Cc2cnc[nH]2)C(=O)N[C@@H](CC2CCCCC2)[C@@H](O)CC2SCCCS2)c1. The molecule has 2 unspecified atom stereocenters. The summed E-state index contributed by atoms with van der Waals surface area (Å²) in [6.45, 7) is 5.41. The predicted octanol–water partition coefficient (Wildman–Crippen LogP) is 4.36. The standard InChI is InChI=1S/C34H51N5O5S2/c1-34(2,3)44-33(43)24-12-7-11-23(15-24)16-26(35)31(41)39-28(18-25-20-36-21-37-25)32(42)38-27(17-22-9-5-4-6-10-22)29(40)19-30-45-13-8-14-46-30/h7,11-12,15,20-22,26-30,40H,4-6,8-10,13-14,16-19,35H2,1-3H3,(H,36,37)(H,38,42)(H,39,41)/t26?,27-,28?,29-/m0/s1. The molecule has 0 radical (unpaired) electrons. The summed E-state index contributed by atoms with van der Waals surface area (Å²) in [5.74, 6) is 1.34. The Morgan fingerprint density at radius 2 is 1.78 bits per heavy atom. The van der Waals surface area contributed by atoms with Crippen molar-refractivity contribution in [2.24, 2.45) is 11.7 Å². The molecule has 4 rings (SSSR count). The second-order valence-electron chi connectivity index (χ2n) is 13.5. The number of hydrogen-bond acceptors (Lipinski definition) is 9. The van der Waals surface area contributed by atoms with Gasteiger partial charge in [0.1, 0.15) is 11.6 Å². The van der Waals surface area contributed by atoms with Crippen LogP contribution < -0.4 is 16.4 Å². The van der Waals surface area contributed by atoms with Crippen LogP contribution in [0.25, 0.3) is 0 Å². The van der Waals surface area contributed by atoms with Crippen LogP contribution in [-0.2, 0) is 27.2 Å². The summed E-state index contributed by atoms with van der Waals surface area (Å²) < 4.78 is 5.78. The van der Waals surface area contributed by atoms with Gasteiger partial charge in [0.05, 0.1) is 34.7 Å². The van der Waals surface area contributed by atoms with E-state index in [9.17, 15) is 19.5 Å². The van der Waals surface area contributed by atoms with Gasteiger partial charge in [-0.3, -0.25) is 9.59 Å². The maximum atomic E-state index is 13.9. The first-order chi connectivity index (χ1) is 22.0. The van der Waals surface area contributed by atoms with Crippen LogP contribution >= 0.6 is 23.5 Å². The molecule has 1 saturated carbocycles. The number of H-pyrrole nitrogens is 1. The molecular weight excluding hydrogens is 623 g/mol. The molecule has 2 amide bonds. The van der Waals surface area contributed by atoms with Gasteiger partial charge in [-0.25, -0.2) is 9.78 Å². The smallest absolute Gasteiger partial charge is 0.338 e. The lowest BCUT2D eigenvalue weighted by molar-refractivity contribution is -0.130. The maximum Gasteiger partial charge on any atom is 0.338 e. The van der Waals surface area contributed by atoms with Crippen molar-refractivity contribution in [3.63, 3.8) is 0 Å². The number of carbonyl (C=O) groups excluding carboxylic acids is 3. The van der Waals surface area contributed by atoms with E-state index >= 15 is 0 Å². The third-order valence-corrected chi connectivity index (χ3v) is 11.4. The third-order valence-electron chi connectivity index (χ3n) is 8.40. The number of aliphatic hydroxyl groups is 1. The molecule has 1 aromatic heterocycles. The van der Waals surface area contributed by atoms with E-state index in [2.05, 4.69) is 20.6 Å². The molecule has 254 valence electrons. The lowest BCUT2D eigenvalue weighted by Crippen LogP contribution is -2.56. The number of thioether (sulfide) groups is 2. The summed E-state index contributed by atoms with van der Waals surface area (Å²) >= 11 is 3.76. The van der Waals surface area contributed by atoms with Crippen molar-refractivity contribution in [2.45, 2.75) is 119 Å². The Morgan fingerprint density at radius 1 is 1.04 bits per heavy atom. The molecule has 1 aliphatic carbocycles. The topological polar surface area (TPSA) is 159 Å². The zero-order chi connectivity index (χ0) is 33.1. The van der Waals surface area contributed by atoms with E-state index in [4.69, 9.17) is 10.5 Å². The molecule has 0 bridgehead atoms. The summed E-state index contributed by atoms with van der Waals surface area (Å²) in [6, 6.07) is 4.57. The van der Waals surface area contributed by atoms with Crippen LogP contribution in [0.4, 0.5) is 0 Å². The van der Waals surface area contributed by atoms with Crippen molar-refractivity contribution in [1.82, 2.24) is 20.6 Å². The summed E-state index contributed by atoms with van der Waals surface area (Å²) in [6.07, 6.45) is 11.1. The van der Waals surface area contributed by atoms with Crippen LogP contribution in [-0.4, -0.2) is 78.8 Å². The minimum absolute atomic E-state index is 0.167. The number of amides is 2. The summed E-state index contributed by atoms with van der Waals surface area (Å²) in [7, 11) is 0. The number of aromatic amines is 1. The number of esters is 1. The molecule has 1 aliphatic heterocycles. The lowest BCUT2D eigenvalue weighted by atomic mass is 9.83. The highest BCUT2D eigenvalue weighted by Crippen LogP contribution is 2.35. The van der Waals surface area contributed by atoms with Crippen molar-refractivity contribution < 1.29 is 24.2 Å². The molecule has 2 heterocycles. The fourth-order valence-corrected chi connectivity index (χ4v) is 8.98. The number of benzene rings is 1. The van der Waals surface area contributed by atoms with Crippen molar-refractivity contribution >= 4 is 41.3 Å². The minimum Gasteiger partial charge on any atom is -0.456 e. The Hall–Kier alpha value is -2.54. The second-order valence-corrected chi connectivity index (χ2v) is 16.5. The highest BCUT2D eigenvalue weighted by molar-refractivity contribution is 8.17. The molecule has 2 fully saturated rings. The van der Waals surface area contributed by atoms with Gasteiger partial charge in [0.15, 0.2) is 0 Å². The fourth-order valence-electron chi connectivity index (χ4n) is 6.02. The summed E-state index contributed by atoms with van der Waals surface area (Å²) in [5.41, 5.74) is 7.49. The molecule has 6 N–H and O–H groups in total. The van der Waals surface area contributed by atoms with Gasteiger partial charge in [0.2, 0.25) is 11.8 Å². The van der Waals surface area contributed by atoms with Gasteiger partial charge in [-0.2, -0.15) is 0 Å². The van der Waals surface area contributed by atoms with Crippen LogP contribution in [0.3, 0.4) is 0 Å². The quantitative estimate of drug-likeness (QED) is 0.184. The molecule has 12 heteroatoms. The Labute approximate surface area is 281 Å². The van der Waals surface area contributed by atoms with Crippen LogP contribution in [0.5, 0.6) is 0 Å². The highest BCUT2D eigenvalue weighted by atomic mass is 32.2. The van der Waals surface area contributed by atoms with Gasteiger partial charge in [0, 0.05) is 18.3 Å². The largest absolute Gasteiger partial charge is 0.456 e. The predicted molar refractivity (Wildman–Crippen MR) is 185 cm³/mol. The van der Waals surface area contributed by atoms with E-state index in [-0.39, 0.29) is 18.7 Å². The number of carbonyl (C=O) groups is 3. The first-order valence-electron chi connectivity index (χ1n) is 16.5. The van der Waals surface area contributed by atoms with Gasteiger partial charge < -0.3 is 31.2 Å². The van der Waals surface area contributed by atoms with Gasteiger partial charge in [-0.1, -0.05) is 44.2 Å². The van der Waals surface area contributed by atoms with Crippen molar-refractivity contribution in [3.05, 3.63) is 53.6 Å². The lowest BCUT2D eigenvalue weighted by Gasteiger charge is -2.33. The Morgan fingerprint density at radius 3 is 2.46 bits per heavy atom. The van der Waals surface area contributed by atoms with E-state index in [1.54, 1.807) is 51.2 Å². The number of aromatic nitrogens is 2. The normalized spacial score (nSPS) is 19.1. The van der Waals surface area contributed by atoms with E-state index in [0.29, 0.717) is 40.2 Å². The molecule has 4 atom stereocenters.